The van der Waals surface area contributed by atoms with Crippen molar-refractivity contribution in [2.45, 2.75) is 31.5 Å². The summed E-state index contributed by atoms with van der Waals surface area (Å²) in [6.07, 6.45) is 1.10. The number of rotatable bonds is 3. The molecule has 158 valence electrons. The van der Waals surface area contributed by atoms with Crippen LogP contribution in [0.2, 0.25) is 0 Å². The number of hydrogen-bond acceptors (Lipinski definition) is 3. The number of carbonyl (C=O) groups is 1. The smallest absolute Gasteiger partial charge is 0.349 e. The molecule has 2 fully saturated rings. The molecule has 1 aliphatic heterocycles. The quantitative estimate of drug-likeness (QED) is 0.708. The van der Waals surface area contributed by atoms with Gasteiger partial charge in [-0.15, -0.1) is 0 Å². The Kier molecular flexibility index (Phi) is 3.78. The van der Waals surface area contributed by atoms with E-state index in [0.29, 0.717) is 35.2 Å². The highest BCUT2D eigenvalue weighted by Crippen LogP contribution is 2.58. The number of aryl methyl sites for hydroxylation is 2. The molecule has 5 rings (SSSR count). The van der Waals surface area contributed by atoms with Crippen molar-refractivity contribution in [1.29, 1.82) is 0 Å². The van der Waals surface area contributed by atoms with Crippen molar-refractivity contribution in [2.75, 3.05) is 13.1 Å². The molecule has 0 bridgehead atoms. The molecule has 3 aromatic rings. The van der Waals surface area contributed by atoms with Gasteiger partial charge in [0.2, 0.25) is 0 Å². The Morgan fingerprint density at radius 3 is 2.90 bits per heavy atom. The lowest BCUT2D eigenvalue weighted by Crippen LogP contribution is -2.33. The molecule has 30 heavy (non-hydrogen) atoms. The number of likely N-dealkylation sites (tertiary alicyclic amines) is 1. The molecular weight excluding hydrogens is 399 g/mol. The molecule has 10 heteroatoms. The third-order valence-corrected chi connectivity index (χ3v) is 6.36. The van der Waals surface area contributed by atoms with Gasteiger partial charge in [-0.3, -0.25) is 14.3 Å². The fourth-order valence-electron chi connectivity index (χ4n) is 4.91. The van der Waals surface area contributed by atoms with Crippen LogP contribution in [-0.4, -0.2) is 49.4 Å². The second-order valence-corrected chi connectivity index (χ2v) is 8.43. The Hall–Kier alpha value is -3.04. The van der Waals surface area contributed by atoms with Gasteiger partial charge in [-0.1, -0.05) is 0 Å². The molecule has 1 saturated heterocycles. The maximum Gasteiger partial charge on any atom is 0.408 e. The minimum atomic E-state index is -4.33. The predicted octanol–water partition coefficient (Wildman–Crippen LogP) is 2.35. The lowest BCUT2D eigenvalue weighted by atomic mass is 10.0. The van der Waals surface area contributed by atoms with Gasteiger partial charge in [-0.2, -0.15) is 18.3 Å². The molecule has 0 aromatic carbocycles. The van der Waals surface area contributed by atoms with Crippen LogP contribution < -0.4 is 5.56 Å². The number of amides is 1. The van der Waals surface area contributed by atoms with E-state index < -0.39 is 12.7 Å². The van der Waals surface area contributed by atoms with Gasteiger partial charge in [0.25, 0.3) is 11.5 Å². The first-order chi connectivity index (χ1) is 14.1. The third-order valence-electron chi connectivity index (χ3n) is 6.36. The summed E-state index contributed by atoms with van der Waals surface area (Å²) in [6.45, 7) is 1.63. The average Bonchev–Trinajstić information content (AvgIpc) is 3.03. The van der Waals surface area contributed by atoms with E-state index >= 15 is 0 Å². The van der Waals surface area contributed by atoms with E-state index in [2.05, 4.69) is 10.1 Å². The summed E-state index contributed by atoms with van der Waals surface area (Å²) in [5.41, 5.74) is 1.81. The number of nitrogens with one attached hydrogen (secondary N) is 1. The van der Waals surface area contributed by atoms with Gasteiger partial charge in [-0.25, -0.2) is 0 Å². The summed E-state index contributed by atoms with van der Waals surface area (Å²) in [5, 5.41) is 4.50. The molecule has 3 aromatic heterocycles. The van der Waals surface area contributed by atoms with Gasteiger partial charge in [0.15, 0.2) is 0 Å². The fourth-order valence-corrected chi connectivity index (χ4v) is 4.91. The standard InChI is InChI=1S/C20H20F3N5O2/c1-11-6-24-17(29)15-13(8-26(2)16(11)15)18(30)27-7-12-5-19(12,9-27)14-3-4-28(25-14)10-20(21,22)23/h3-4,6,8,12H,5,7,9-10H2,1-2H3,(H,24,29). The number of carbonyl (C=O) groups excluding carboxylic acids is 1. The average molecular weight is 419 g/mol. The number of alkyl halides is 3. The summed E-state index contributed by atoms with van der Waals surface area (Å²) in [7, 11) is 1.79. The number of nitrogens with zero attached hydrogens (tertiary/aromatic N) is 4. The van der Waals surface area contributed by atoms with Crippen LogP contribution in [0.25, 0.3) is 10.9 Å². The van der Waals surface area contributed by atoms with Crippen molar-refractivity contribution in [3.63, 3.8) is 0 Å². The monoisotopic (exact) mass is 419 g/mol. The molecule has 7 nitrogen and oxygen atoms in total. The SMILES string of the molecule is Cc1c[nH]c(=O)c2c(C(=O)N3CC4CC4(c4ccn(CC(F)(F)F)n4)C3)cn(C)c12. The maximum atomic E-state index is 13.3. The molecule has 2 atom stereocenters. The zero-order valence-corrected chi connectivity index (χ0v) is 16.5. The third kappa shape index (κ3) is 2.77. The first kappa shape index (κ1) is 19.0. The Balaban J connectivity index is 1.43. The van der Waals surface area contributed by atoms with Crippen molar-refractivity contribution >= 4 is 16.8 Å². The van der Waals surface area contributed by atoms with Crippen LogP contribution in [0.1, 0.15) is 28.0 Å². The van der Waals surface area contributed by atoms with E-state index in [4.69, 9.17) is 0 Å². The molecule has 1 saturated carbocycles. The van der Waals surface area contributed by atoms with Gasteiger partial charge in [0, 0.05) is 44.1 Å². The molecule has 2 unspecified atom stereocenters. The molecule has 0 spiro atoms. The van der Waals surface area contributed by atoms with Gasteiger partial charge < -0.3 is 14.5 Å². The Bertz CT molecular complexity index is 1240. The number of piperidine rings is 1. The van der Waals surface area contributed by atoms with Crippen molar-refractivity contribution in [1.82, 2.24) is 24.2 Å². The number of hydrogen-bond donors (Lipinski definition) is 1. The van der Waals surface area contributed by atoms with Crippen LogP contribution in [0.5, 0.6) is 0 Å². The molecular formula is C20H20F3N5O2. The second-order valence-electron chi connectivity index (χ2n) is 8.43. The van der Waals surface area contributed by atoms with Gasteiger partial charge in [-0.05, 0) is 30.9 Å². The number of aromatic nitrogens is 4. The lowest BCUT2D eigenvalue weighted by molar-refractivity contribution is -0.142. The minimum Gasteiger partial charge on any atom is -0.349 e. The van der Waals surface area contributed by atoms with E-state index in [9.17, 15) is 22.8 Å². The zero-order valence-electron chi connectivity index (χ0n) is 16.5. The number of fused-ring (bicyclic) bond motifs is 2. The van der Waals surface area contributed by atoms with Crippen molar-refractivity contribution in [3.8, 4) is 0 Å². The second kappa shape index (κ2) is 5.99. The van der Waals surface area contributed by atoms with Gasteiger partial charge in [0.1, 0.15) is 6.54 Å². The summed E-state index contributed by atoms with van der Waals surface area (Å²) in [4.78, 5) is 30.0. The summed E-state index contributed by atoms with van der Waals surface area (Å²) >= 11 is 0. The largest absolute Gasteiger partial charge is 0.408 e. The van der Waals surface area contributed by atoms with Crippen LogP contribution in [0.3, 0.4) is 0 Å². The van der Waals surface area contributed by atoms with Crippen LogP contribution in [-0.2, 0) is 19.0 Å². The van der Waals surface area contributed by atoms with Crippen molar-refractivity contribution < 1.29 is 18.0 Å². The van der Waals surface area contributed by atoms with Crippen molar-refractivity contribution in [3.05, 3.63) is 51.8 Å². The van der Waals surface area contributed by atoms with Crippen molar-refractivity contribution in [2.24, 2.45) is 13.0 Å². The van der Waals surface area contributed by atoms with E-state index in [0.717, 1.165) is 16.7 Å². The van der Waals surface area contributed by atoms with Crippen LogP contribution in [0.15, 0.2) is 29.5 Å². The number of H-pyrrole nitrogens is 1. The Morgan fingerprint density at radius 2 is 2.17 bits per heavy atom. The van der Waals surface area contributed by atoms with Crippen LogP contribution in [0, 0.1) is 12.8 Å². The first-order valence-electron chi connectivity index (χ1n) is 9.66. The summed E-state index contributed by atoms with van der Waals surface area (Å²) in [5.74, 6) is -0.0660. The van der Waals surface area contributed by atoms with Gasteiger partial charge >= 0.3 is 6.18 Å². The topological polar surface area (TPSA) is 75.9 Å². The molecule has 1 aliphatic carbocycles. The Labute approximate surface area is 169 Å². The molecule has 1 amide bonds. The van der Waals surface area contributed by atoms with E-state index in [1.807, 2.05) is 6.92 Å². The van der Waals surface area contributed by atoms with E-state index in [1.165, 1.54) is 6.20 Å². The fraction of sp³-hybridized carbons (Fsp3) is 0.450. The number of aromatic amines is 1. The maximum absolute atomic E-state index is 13.3. The molecule has 2 aliphatic rings. The minimum absolute atomic E-state index is 0.172. The first-order valence-corrected chi connectivity index (χ1v) is 9.66. The summed E-state index contributed by atoms with van der Waals surface area (Å²) in [6, 6.07) is 1.62. The highest BCUT2D eigenvalue weighted by atomic mass is 19.4. The highest BCUT2D eigenvalue weighted by molar-refractivity contribution is 6.07. The number of halogens is 3. The lowest BCUT2D eigenvalue weighted by Gasteiger charge is -2.20. The Morgan fingerprint density at radius 1 is 1.40 bits per heavy atom. The van der Waals surface area contributed by atoms with E-state index in [-0.39, 0.29) is 22.8 Å². The zero-order chi connectivity index (χ0) is 21.4. The number of pyridine rings is 1. The van der Waals surface area contributed by atoms with Crippen LogP contribution >= 0.6 is 0 Å². The molecule has 0 radical (unpaired) electrons. The van der Waals surface area contributed by atoms with Crippen LogP contribution in [0.4, 0.5) is 13.2 Å². The molecule has 4 heterocycles. The predicted molar refractivity (Wildman–Crippen MR) is 102 cm³/mol. The summed E-state index contributed by atoms with van der Waals surface area (Å²) < 4.78 is 40.6. The highest BCUT2D eigenvalue weighted by Gasteiger charge is 2.63. The normalized spacial score (nSPS) is 23.2. The van der Waals surface area contributed by atoms with Gasteiger partial charge in [0.05, 0.1) is 22.2 Å². The molecule has 1 N–H and O–H groups in total. The van der Waals surface area contributed by atoms with E-state index in [1.54, 1.807) is 35.0 Å².